The number of ether oxygens (including phenoxy) is 1. The van der Waals surface area contributed by atoms with Gasteiger partial charge >= 0.3 is 6.18 Å². The van der Waals surface area contributed by atoms with E-state index in [9.17, 15) is 13.2 Å². The molecule has 0 aliphatic carbocycles. The van der Waals surface area contributed by atoms with Crippen LogP contribution in [0.3, 0.4) is 0 Å². The number of nitrogens with one attached hydrogen (secondary N) is 2. The van der Waals surface area contributed by atoms with Gasteiger partial charge in [-0.3, -0.25) is 5.10 Å². The van der Waals surface area contributed by atoms with E-state index in [1.54, 1.807) is 25.4 Å². The summed E-state index contributed by atoms with van der Waals surface area (Å²) in [6, 6.07) is 13.5. The van der Waals surface area contributed by atoms with Gasteiger partial charge in [-0.2, -0.15) is 18.3 Å². The van der Waals surface area contributed by atoms with Crippen LogP contribution < -0.4 is 15.0 Å². The number of fused-ring (bicyclic) bond motifs is 1. The van der Waals surface area contributed by atoms with Gasteiger partial charge < -0.3 is 15.0 Å². The molecule has 0 radical (unpaired) electrons. The maximum absolute atomic E-state index is 13.9. The van der Waals surface area contributed by atoms with Crippen LogP contribution in [0.25, 0.3) is 22.4 Å². The highest BCUT2D eigenvalue weighted by atomic mass is 19.4. The number of halogens is 3. The van der Waals surface area contributed by atoms with Crippen molar-refractivity contribution in [3.8, 4) is 17.1 Å². The fourth-order valence-corrected chi connectivity index (χ4v) is 4.20. The third-order valence-corrected chi connectivity index (χ3v) is 5.77. The molecule has 1 saturated heterocycles. The Hall–Kier alpha value is -3.66. The molecular weight excluding hydrogens is 433 g/mol. The van der Waals surface area contributed by atoms with E-state index in [1.807, 2.05) is 29.2 Å². The fourth-order valence-electron chi connectivity index (χ4n) is 4.20. The number of piperazine rings is 1. The second kappa shape index (κ2) is 8.36. The first-order valence-corrected chi connectivity index (χ1v) is 10.4. The summed E-state index contributed by atoms with van der Waals surface area (Å²) in [5, 5.41) is 10.7. The molecule has 4 heterocycles. The lowest BCUT2D eigenvalue weighted by Crippen LogP contribution is -2.46. The zero-order chi connectivity index (χ0) is 23.0. The Morgan fingerprint density at radius 2 is 1.97 bits per heavy atom. The molecular formula is C23H25F3N6O. The van der Waals surface area contributed by atoms with E-state index in [0.717, 1.165) is 17.4 Å². The van der Waals surface area contributed by atoms with Crippen LogP contribution >= 0.6 is 0 Å². The van der Waals surface area contributed by atoms with Crippen LogP contribution in [0.15, 0.2) is 54.7 Å². The Balaban J connectivity index is 0.00000171. The van der Waals surface area contributed by atoms with Crippen molar-refractivity contribution in [2.24, 2.45) is 0 Å². The van der Waals surface area contributed by atoms with Crippen molar-refractivity contribution in [1.82, 2.24) is 25.5 Å². The molecule has 4 aromatic rings. The molecule has 174 valence electrons. The van der Waals surface area contributed by atoms with Crippen molar-refractivity contribution in [2.45, 2.75) is 12.2 Å². The highest BCUT2D eigenvalue weighted by Crippen LogP contribution is 2.39. The number of benzene rings is 1. The van der Waals surface area contributed by atoms with Gasteiger partial charge in [0.2, 0.25) is 0 Å². The molecule has 7 nitrogen and oxygen atoms in total. The molecule has 1 aromatic carbocycles. The molecule has 3 aromatic heterocycles. The van der Waals surface area contributed by atoms with E-state index >= 15 is 0 Å². The molecule has 1 fully saturated rings. The average Bonchev–Trinajstić information content (AvgIpc) is 3.27. The Bertz CT molecular complexity index is 1300. The lowest BCUT2D eigenvalue weighted by molar-refractivity contribution is -0.137. The van der Waals surface area contributed by atoms with Gasteiger partial charge in [0.15, 0.2) is 5.65 Å². The van der Waals surface area contributed by atoms with Crippen LogP contribution in [-0.4, -0.2) is 46.9 Å². The first-order valence-electron chi connectivity index (χ1n) is 10.4. The standard InChI is InChI=1S/C23H21F3N6O.2H2/c1-33-18-7-3-2-5-14(18)17-13-32(12-11-27-17)19-9-8-16(23(24,25)26)21(29-19)20-15-6-4-10-28-22(15)31-30-20;;/h2-10,17,27H,11-13H2,1H3,(H,28,30,31);2*1H. The predicted molar refractivity (Wildman–Crippen MR) is 122 cm³/mol. The topological polar surface area (TPSA) is 79.0 Å². The first kappa shape index (κ1) is 21.2. The minimum absolute atomic E-state index is 0. The number of methoxy groups -OCH3 is 1. The zero-order valence-corrected chi connectivity index (χ0v) is 17.7. The summed E-state index contributed by atoms with van der Waals surface area (Å²) in [4.78, 5) is 10.6. The molecule has 0 bridgehead atoms. The number of H-pyrrole nitrogens is 1. The van der Waals surface area contributed by atoms with Gasteiger partial charge in [-0.25, -0.2) is 9.97 Å². The summed E-state index contributed by atoms with van der Waals surface area (Å²) in [5.74, 6) is 1.22. The third-order valence-electron chi connectivity index (χ3n) is 5.77. The summed E-state index contributed by atoms with van der Waals surface area (Å²) in [5.41, 5.74) is 0.511. The fraction of sp³-hybridized carbons (Fsp3) is 0.261. The smallest absolute Gasteiger partial charge is 0.418 e. The van der Waals surface area contributed by atoms with E-state index in [4.69, 9.17) is 4.74 Å². The van der Waals surface area contributed by atoms with Gasteiger partial charge in [0, 0.05) is 39.6 Å². The number of alkyl halides is 3. The van der Waals surface area contributed by atoms with Gasteiger partial charge in [0.1, 0.15) is 17.3 Å². The van der Waals surface area contributed by atoms with Crippen molar-refractivity contribution >= 4 is 16.9 Å². The highest BCUT2D eigenvalue weighted by Gasteiger charge is 2.36. The second-order valence-corrected chi connectivity index (χ2v) is 7.73. The molecule has 0 spiro atoms. The molecule has 1 atom stereocenters. The maximum atomic E-state index is 13.9. The summed E-state index contributed by atoms with van der Waals surface area (Å²) >= 11 is 0. The van der Waals surface area contributed by atoms with Gasteiger partial charge in [-0.1, -0.05) is 18.2 Å². The van der Waals surface area contributed by atoms with E-state index in [0.29, 0.717) is 36.5 Å². The van der Waals surface area contributed by atoms with Gasteiger partial charge in [0.05, 0.1) is 24.4 Å². The third kappa shape index (κ3) is 3.97. The van der Waals surface area contributed by atoms with Crippen molar-refractivity contribution in [1.29, 1.82) is 0 Å². The zero-order valence-electron chi connectivity index (χ0n) is 17.7. The van der Waals surface area contributed by atoms with Crippen molar-refractivity contribution in [3.63, 3.8) is 0 Å². The molecule has 5 rings (SSSR count). The molecule has 1 unspecified atom stereocenters. The quantitative estimate of drug-likeness (QED) is 0.462. The van der Waals surface area contributed by atoms with Gasteiger partial charge in [-0.05, 0) is 30.3 Å². The molecule has 10 heteroatoms. The summed E-state index contributed by atoms with van der Waals surface area (Å²) in [7, 11) is 1.62. The van der Waals surface area contributed by atoms with Crippen LogP contribution in [0.5, 0.6) is 5.75 Å². The van der Waals surface area contributed by atoms with Gasteiger partial charge in [0.25, 0.3) is 0 Å². The minimum Gasteiger partial charge on any atom is -0.496 e. The Morgan fingerprint density at radius 1 is 1.12 bits per heavy atom. The molecule has 2 N–H and O–H groups in total. The summed E-state index contributed by atoms with van der Waals surface area (Å²) in [6.07, 6.45) is -3.02. The number of nitrogens with zero attached hydrogens (tertiary/aromatic N) is 4. The van der Waals surface area contributed by atoms with Crippen LogP contribution in [0.4, 0.5) is 19.0 Å². The molecule has 33 heavy (non-hydrogen) atoms. The monoisotopic (exact) mass is 458 g/mol. The number of hydrogen-bond acceptors (Lipinski definition) is 6. The van der Waals surface area contributed by atoms with E-state index in [1.165, 1.54) is 6.07 Å². The minimum atomic E-state index is -4.57. The normalized spacial score (nSPS) is 16.8. The van der Waals surface area contributed by atoms with Crippen LogP contribution in [-0.2, 0) is 6.18 Å². The van der Waals surface area contributed by atoms with E-state index < -0.39 is 11.7 Å². The average molecular weight is 458 g/mol. The number of aromatic amines is 1. The predicted octanol–water partition coefficient (Wildman–Crippen LogP) is 4.69. The first-order chi connectivity index (χ1) is 16.0. The number of anilines is 1. The molecule has 0 saturated carbocycles. The Kier molecular flexibility index (Phi) is 5.37. The van der Waals surface area contributed by atoms with E-state index in [2.05, 4.69) is 25.5 Å². The number of rotatable bonds is 4. The van der Waals surface area contributed by atoms with E-state index in [-0.39, 0.29) is 20.3 Å². The highest BCUT2D eigenvalue weighted by molar-refractivity contribution is 5.90. The van der Waals surface area contributed by atoms with Crippen molar-refractivity contribution in [3.05, 3.63) is 65.9 Å². The number of aromatic nitrogens is 4. The SMILES string of the molecule is COc1ccccc1C1CN(c2ccc(C(F)(F)F)c(-c3[nH]nc4ncccc34)n2)CCN1.[HH].[HH]. The second-order valence-electron chi connectivity index (χ2n) is 7.73. The Morgan fingerprint density at radius 3 is 2.79 bits per heavy atom. The van der Waals surface area contributed by atoms with Crippen molar-refractivity contribution < 1.29 is 20.8 Å². The lowest BCUT2D eigenvalue weighted by Gasteiger charge is -2.35. The summed E-state index contributed by atoms with van der Waals surface area (Å²) < 4.78 is 47.0. The number of para-hydroxylation sites is 1. The Labute approximate surface area is 190 Å². The molecule has 0 amide bonds. The molecule has 1 aliphatic heterocycles. The van der Waals surface area contributed by atoms with Crippen molar-refractivity contribution in [2.75, 3.05) is 31.6 Å². The number of pyridine rings is 2. The van der Waals surface area contributed by atoms with Crippen LogP contribution in [0.2, 0.25) is 0 Å². The van der Waals surface area contributed by atoms with Crippen LogP contribution in [0, 0.1) is 0 Å². The van der Waals surface area contributed by atoms with Crippen LogP contribution in [0.1, 0.15) is 20.0 Å². The summed E-state index contributed by atoms with van der Waals surface area (Å²) in [6.45, 7) is 1.79. The largest absolute Gasteiger partial charge is 0.496 e. The number of hydrogen-bond donors (Lipinski definition) is 2. The molecule has 1 aliphatic rings. The van der Waals surface area contributed by atoms with Gasteiger partial charge in [-0.15, -0.1) is 0 Å². The lowest BCUT2D eigenvalue weighted by atomic mass is 10.0. The maximum Gasteiger partial charge on any atom is 0.418 e.